The highest BCUT2D eigenvalue weighted by atomic mass is 16.5. The van der Waals surface area contributed by atoms with Gasteiger partial charge in [0.15, 0.2) is 23.1 Å². The van der Waals surface area contributed by atoms with Crippen molar-refractivity contribution in [1.82, 2.24) is 0 Å². The molecule has 1 aromatic rings. The summed E-state index contributed by atoms with van der Waals surface area (Å²) in [6, 6.07) is 4.91. The van der Waals surface area contributed by atoms with Gasteiger partial charge in [-0.05, 0) is 31.5 Å². The largest absolute Gasteiger partial charge is 0.493 e. The Hall–Kier alpha value is -1.88. The van der Waals surface area contributed by atoms with Gasteiger partial charge in [-0.1, -0.05) is 0 Å². The lowest BCUT2D eigenvalue weighted by Crippen LogP contribution is -2.21. The Morgan fingerprint density at radius 3 is 2.75 bits per heavy atom. The fourth-order valence-corrected chi connectivity index (χ4v) is 2.06. The molecular weight excluding hydrogens is 260 g/mol. The number of rotatable bonds is 6. The molecule has 0 bridgehead atoms. The summed E-state index contributed by atoms with van der Waals surface area (Å²) < 4.78 is 15.9. The highest BCUT2D eigenvalue weighted by Crippen LogP contribution is 2.28. The predicted octanol–water partition coefficient (Wildman–Crippen LogP) is 1.88. The van der Waals surface area contributed by atoms with Gasteiger partial charge in [-0.15, -0.1) is 0 Å². The van der Waals surface area contributed by atoms with E-state index in [1.165, 1.54) is 14.0 Å². The van der Waals surface area contributed by atoms with Gasteiger partial charge in [-0.3, -0.25) is 9.59 Å². The lowest BCUT2D eigenvalue weighted by molar-refractivity contribution is -0.124. The zero-order chi connectivity index (χ0) is 14.5. The first kappa shape index (κ1) is 14.5. The molecular formula is C15H18O5. The van der Waals surface area contributed by atoms with E-state index in [9.17, 15) is 9.59 Å². The number of Topliss-reactive ketones (excluding diaryl/α,β-unsaturated/α-hetero) is 2. The third kappa shape index (κ3) is 3.36. The number of hydrogen-bond donors (Lipinski definition) is 0. The van der Waals surface area contributed by atoms with Crippen molar-refractivity contribution >= 4 is 11.6 Å². The zero-order valence-electron chi connectivity index (χ0n) is 11.7. The second kappa shape index (κ2) is 6.52. The minimum absolute atomic E-state index is 0.0101. The highest BCUT2D eigenvalue weighted by Gasteiger charge is 2.24. The lowest BCUT2D eigenvalue weighted by Gasteiger charge is -2.12. The van der Waals surface area contributed by atoms with Crippen molar-refractivity contribution in [3.63, 3.8) is 0 Å². The van der Waals surface area contributed by atoms with E-state index in [4.69, 9.17) is 14.2 Å². The average Bonchev–Trinajstić information content (AvgIpc) is 2.98. The van der Waals surface area contributed by atoms with Crippen molar-refractivity contribution < 1.29 is 23.8 Å². The molecule has 1 heterocycles. The van der Waals surface area contributed by atoms with E-state index in [2.05, 4.69) is 0 Å². The average molecular weight is 278 g/mol. The fraction of sp³-hybridized carbons (Fsp3) is 0.467. The van der Waals surface area contributed by atoms with Gasteiger partial charge in [0.2, 0.25) is 0 Å². The number of ketones is 2. The Morgan fingerprint density at radius 1 is 1.35 bits per heavy atom. The van der Waals surface area contributed by atoms with Crippen LogP contribution in [0.3, 0.4) is 0 Å². The molecule has 1 aliphatic heterocycles. The van der Waals surface area contributed by atoms with Crippen LogP contribution in [-0.2, 0) is 9.53 Å². The lowest BCUT2D eigenvalue weighted by atomic mass is 10.0. The van der Waals surface area contributed by atoms with Crippen molar-refractivity contribution in [3.8, 4) is 11.5 Å². The van der Waals surface area contributed by atoms with Gasteiger partial charge in [-0.2, -0.15) is 0 Å². The third-order valence-electron chi connectivity index (χ3n) is 3.33. The second-order valence-corrected chi connectivity index (χ2v) is 4.74. The van der Waals surface area contributed by atoms with Gasteiger partial charge >= 0.3 is 0 Å². The Kier molecular flexibility index (Phi) is 4.74. The monoisotopic (exact) mass is 278 g/mol. The summed E-state index contributed by atoms with van der Waals surface area (Å²) in [4.78, 5) is 23.2. The predicted molar refractivity (Wildman–Crippen MR) is 72.4 cm³/mol. The molecule has 20 heavy (non-hydrogen) atoms. The van der Waals surface area contributed by atoms with Crippen molar-refractivity contribution in [2.75, 3.05) is 26.9 Å². The van der Waals surface area contributed by atoms with Crippen LogP contribution in [0.4, 0.5) is 0 Å². The maximum absolute atomic E-state index is 11.9. The van der Waals surface area contributed by atoms with E-state index in [-0.39, 0.29) is 24.1 Å². The molecule has 5 nitrogen and oxygen atoms in total. The zero-order valence-corrected chi connectivity index (χ0v) is 11.7. The Labute approximate surface area is 117 Å². The number of benzene rings is 1. The summed E-state index contributed by atoms with van der Waals surface area (Å²) in [6.45, 7) is 2.58. The molecule has 1 aromatic carbocycles. The van der Waals surface area contributed by atoms with E-state index in [0.717, 1.165) is 6.42 Å². The normalized spacial score (nSPS) is 17.8. The van der Waals surface area contributed by atoms with E-state index in [0.29, 0.717) is 30.3 Å². The molecule has 2 rings (SSSR count). The number of hydrogen-bond acceptors (Lipinski definition) is 5. The standard InChI is InChI=1S/C15H18O5/c1-10(16)11-3-4-14(15(7-11)18-2)20-9-13(17)12-5-6-19-8-12/h3-4,7,12H,5-6,8-9H2,1-2H3. The molecule has 1 unspecified atom stereocenters. The molecule has 0 N–H and O–H groups in total. The molecule has 1 saturated heterocycles. The number of carbonyl (C=O) groups excluding carboxylic acids is 2. The molecule has 1 aliphatic rings. The Morgan fingerprint density at radius 2 is 2.15 bits per heavy atom. The Bertz CT molecular complexity index is 503. The van der Waals surface area contributed by atoms with Crippen LogP contribution in [0.15, 0.2) is 18.2 Å². The summed E-state index contributed by atoms with van der Waals surface area (Å²) >= 11 is 0. The molecule has 0 spiro atoms. The number of carbonyl (C=O) groups is 2. The molecule has 0 aromatic heterocycles. The summed E-state index contributed by atoms with van der Waals surface area (Å²) in [6.07, 6.45) is 0.753. The van der Waals surface area contributed by atoms with Gasteiger partial charge in [-0.25, -0.2) is 0 Å². The van der Waals surface area contributed by atoms with Crippen LogP contribution in [0.25, 0.3) is 0 Å². The molecule has 1 fully saturated rings. The van der Waals surface area contributed by atoms with Crippen molar-refractivity contribution in [3.05, 3.63) is 23.8 Å². The number of methoxy groups -OCH3 is 1. The maximum Gasteiger partial charge on any atom is 0.175 e. The number of ether oxygens (including phenoxy) is 3. The molecule has 0 saturated carbocycles. The molecule has 108 valence electrons. The van der Waals surface area contributed by atoms with Crippen LogP contribution in [0.1, 0.15) is 23.7 Å². The highest BCUT2D eigenvalue weighted by molar-refractivity contribution is 5.94. The minimum atomic E-state index is -0.0718. The van der Waals surface area contributed by atoms with Crippen LogP contribution in [0.5, 0.6) is 11.5 Å². The maximum atomic E-state index is 11.9. The minimum Gasteiger partial charge on any atom is -0.493 e. The summed E-state index contributed by atoms with van der Waals surface area (Å²) in [7, 11) is 1.50. The first-order valence-corrected chi connectivity index (χ1v) is 6.54. The van der Waals surface area contributed by atoms with Gasteiger partial charge < -0.3 is 14.2 Å². The van der Waals surface area contributed by atoms with E-state index in [1.807, 2.05) is 0 Å². The van der Waals surface area contributed by atoms with Crippen molar-refractivity contribution in [2.45, 2.75) is 13.3 Å². The first-order chi connectivity index (χ1) is 9.61. The molecule has 0 radical (unpaired) electrons. The second-order valence-electron chi connectivity index (χ2n) is 4.74. The van der Waals surface area contributed by atoms with Crippen molar-refractivity contribution in [2.24, 2.45) is 5.92 Å². The van der Waals surface area contributed by atoms with Gasteiger partial charge in [0.25, 0.3) is 0 Å². The van der Waals surface area contributed by atoms with Gasteiger partial charge in [0, 0.05) is 18.1 Å². The van der Waals surface area contributed by atoms with Crippen LogP contribution in [0, 0.1) is 5.92 Å². The first-order valence-electron chi connectivity index (χ1n) is 6.54. The quantitative estimate of drug-likeness (QED) is 0.743. The Balaban J connectivity index is 2.01. The van der Waals surface area contributed by atoms with E-state index < -0.39 is 0 Å². The molecule has 0 amide bonds. The van der Waals surface area contributed by atoms with Gasteiger partial charge in [0.05, 0.1) is 13.7 Å². The van der Waals surface area contributed by atoms with Crippen LogP contribution < -0.4 is 9.47 Å². The summed E-state index contributed by atoms with van der Waals surface area (Å²) in [5, 5.41) is 0. The van der Waals surface area contributed by atoms with E-state index in [1.54, 1.807) is 18.2 Å². The van der Waals surface area contributed by atoms with Crippen LogP contribution >= 0.6 is 0 Å². The topological polar surface area (TPSA) is 61.8 Å². The third-order valence-corrected chi connectivity index (χ3v) is 3.33. The SMILES string of the molecule is COc1cc(C(C)=O)ccc1OCC(=O)C1CCOC1. The summed E-state index contributed by atoms with van der Waals surface area (Å²) in [5.74, 6) is 0.824. The summed E-state index contributed by atoms with van der Waals surface area (Å²) in [5.41, 5.74) is 0.546. The molecule has 5 heteroatoms. The van der Waals surface area contributed by atoms with Gasteiger partial charge in [0.1, 0.15) is 6.61 Å². The van der Waals surface area contributed by atoms with Crippen LogP contribution in [-0.4, -0.2) is 38.5 Å². The van der Waals surface area contributed by atoms with E-state index >= 15 is 0 Å². The molecule has 1 atom stereocenters. The molecule has 0 aliphatic carbocycles. The van der Waals surface area contributed by atoms with Crippen LogP contribution in [0.2, 0.25) is 0 Å². The fourth-order valence-electron chi connectivity index (χ4n) is 2.06. The smallest absolute Gasteiger partial charge is 0.175 e. The van der Waals surface area contributed by atoms with Crippen molar-refractivity contribution in [1.29, 1.82) is 0 Å².